The van der Waals surface area contributed by atoms with E-state index in [1.165, 1.54) is 18.2 Å². The Hall–Kier alpha value is -1.94. The summed E-state index contributed by atoms with van der Waals surface area (Å²) in [5.74, 6) is -0.565. The molecule has 106 valence electrons. The summed E-state index contributed by atoms with van der Waals surface area (Å²) < 4.78 is 32.7. The predicted molar refractivity (Wildman–Crippen MR) is 74.6 cm³/mol. The van der Waals surface area contributed by atoms with Crippen LogP contribution in [-0.4, -0.2) is 7.05 Å². The average Bonchev–Trinajstić information content (AvgIpc) is 2.46. The molecule has 20 heavy (non-hydrogen) atoms. The van der Waals surface area contributed by atoms with Crippen molar-refractivity contribution >= 4 is 0 Å². The first-order chi connectivity index (χ1) is 9.63. The first-order valence-corrected chi connectivity index (χ1v) is 6.45. The van der Waals surface area contributed by atoms with E-state index in [1.54, 1.807) is 6.07 Å². The van der Waals surface area contributed by atoms with Crippen LogP contribution in [0.4, 0.5) is 8.78 Å². The van der Waals surface area contributed by atoms with Crippen molar-refractivity contribution in [2.75, 3.05) is 7.05 Å². The maximum Gasteiger partial charge on any atom is 0.132 e. The zero-order chi connectivity index (χ0) is 14.5. The lowest BCUT2D eigenvalue weighted by Gasteiger charge is -2.16. The quantitative estimate of drug-likeness (QED) is 0.897. The molecule has 2 nitrogen and oxygen atoms in total. The first kappa shape index (κ1) is 14.5. The molecule has 0 aliphatic rings. The normalized spacial score (nSPS) is 12.2. The van der Waals surface area contributed by atoms with E-state index in [0.29, 0.717) is 5.75 Å². The number of rotatable bonds is 5. The smallest absolute Gasteiger partial charge is 0.132 e. The van der Waals surface area contributed by atoms with Crippen molar-refractivity contribution in [3.8, 4) is 5.75 Å². The summed E-state index contributed by atoms with van der Waals surface area (Å²) in [6.45, 7) is 1.86. The number of halogens is 2. The molecule has 2 aromatic rings. The lowest BCUT2D eigenvalue weighted by Crippen LogP contribution is -2.14. The highest BCUT2D eigenvalue weighted by atomic mass is 19.1. The van der Waals surface area contributed by atoms with Gasteiger partial charge in [-0.2, -0.15) is 0 Å². The molecule has 0 saturated carbocycles. The first-order valence-electron chi connectivity index (χ1n) is 6.45. The monoisotopic (exact) mass is 277 g/mol. The largest absolute Gasteiger partial charge is 0.488 e. The SMILES string of the molecule is CNC(C)c1ccccc1OCc1c(F)cccc1F. The molecule has 0 fully saturated rings. The van der Waals surface area contributed by atoms with Crippen LogP contribution in [-0.2, 0) is 6.61 Å². The van der Waals surface area contributed by atoms with E-state index in [-0.39, 0.29) is 18.2 Å². The van der Waals surface area contributed by atoms with E-state index < -0.39 is 11.6 Å². The van der Waals surface area contributed by atoms with Crippen LogP contribution in [0, 0.1) is 11.6 Å². The Labute approximate surface area is 117 Å². The minimum Gasteiger partial charge on any atom is -0.488 e. The molecule has 0 heterocycles. The lowest BCUT2D eigenvalue weighted by molar-refractivity contribution is 0.287. The molecule has 1 unspecified atom stereocenters. The number of nitrogens with one attached hydrogen (secondary N) is 1. The topological polar surface area (TPSA) is 21.3 Å². The van der Waals surface area contributed by atoms with Crippen LogP contribution in [0.5, 0.6) is 5.75 Å². The van der Waals surface area contributed by atoms with Gasteiger partial charge in [0.1, 0.15) is 24.0 Å². The molecule has 0 aliphatic carbocycles. The fraction of sp³-hybridized carbons (Fsp3) is 0.250. The molecule has 0 radical (unpaired) electrons. The van der Waals surface area contributed by atoms with Crippen molar-refractivity contribution in [1.82, 2.24) is 5.32 Å². The van der Waals surface area contributed by atoms with Crippen LogP contribution in [0.1, 0.15) is 24.1 Å². The van der Waals surface area contributed by atoms with Gasteiger partial charge in [-0.05, 0) is 32.2 Å². The highest BCUT2D eigenvalue weighted by Gasteiger charge is 2.12. The molecular formula is C16H17F2NO. The van der Waals surface area contributed by atoms with Gasteiger partial charge in [-0.15, -0.1) is 0 Å². The van der Waals surface area contributed by atoms with Crippen molar-refractivity contribution in [3.63, 3.8) is 0 Å². The molecule has 0 aliphatic heterocycles. The molecule has 0 amide bonds. The van der Waals surface area contributed by atoms with Crippen LogP contribution in [0.3, 0.4) is 0 Å². The average molecular weight is 277 g/mol. The summed E-state index contributed by atoms with van der Waals surface area (Å²) >= 11 is 0. The summed E-state index contributed by atoms with van der Waals surface area (Å²) in [4.78, 5) is 0. The summed E-state index contributed by atoms with van der Waals surface area (Å²) in [6, 6.07) is 11.3. The third-order valence-electron chi connectivity index (χ3n) is 3.25. The fourth-order valence-electron chi connectivity index (χ4n) is 1.95. The molecule has 4 heteroatoms. The zero-order valence-corrected chi connectivity index (χ0v) is 11.5. The Bertz CT molecular complexity index is 566. The summed E-state index contributed by atoms with van der Waals surface area (Å²) in [6.07, 6.45) is 0. The van der Waals surface area contributed by atoms with Gasteiger partial charge in [0.05, 0.1) is 5.56 Å². The molecule has 1 atom stereocenters. The number of hydrogen-bond acceptors (Lipinski definition) is 2. The van der Waals surface area contributed by atoms with Crippen molar-refractivity contribution < 1.29 is 13.5 Å². The van der Waals surface area contributed by atoms with Gasteiger partial charge in [0.25, 0.3) is 0 Å². The van der Waals surface area contributed by atoms with Crippen LogP contribution in [0.25, 0.3) is 0 Å². The van der Waals surface area contributed by atoms with Crippen LogP contribution < -0.4 is 10.1 Å². The van der Waals surface area contributed by atoms with E-state index in [1.807, 2.05) is 32.2 Å². The summed E-state index contributed by atoms with van der Waals surface area (Å²) in [7, 11) is 1.85. The van der Waals surface area contributed by atoms with Gasteiger partial charge in [0.2, 0.25) is 0 Å². The minimum absolute atomic E-state index is 0.0561. The minimum atomic E-state index is -0.593. The van der Waals surface area contributed by atoms with Crippen LogP contribution in [0.15, 0.2) is 42.5 Å². The van der Waals surface area contributed by atoms with Crippen molar-refractivity contribution in [3.05, 3.63) is 65.2 Å². The highest BCUT2D eigenvalue weighted by molar-refractivity contribution is 5.36. The lowest BCUT2D eigenvalue weighted by atomic mass is 10.1. The van der Waals surface area contributed by atoms with Crippen LogP contribution >= 0.6 is 0 Å². The van der Waals surface area contributed by atoms with E-state index in [9.17, 15) is 8.78 Å². The van der Waals surface area contributed by atoms with Gasteiger partial charge in [-0.25, -0.2) is 8.78 Å². The third kappa shape index (κ3) is 3.14. The van der Waals surface area contributed by atoms with Gasteiger partial charge < -0.3 is 10.1 Å². The van der Waals surface area contributed by atoms with Crippen LogP contribution in [0.2, 0.25) is 0 Å². The summed E-state index contributed by atoms with van der Waals surface area (Å²) in [5, 5.41) is 3.11. The maximum atomic E-state index is 13.5. The number of ether oxygens (including phenoxy) is 1. The Morgan fingerprint density at radius 1 is 1.05 bits per heavy atom. The van der Waals surface area contributed by atoms with E-state index >= 15 is 0 Å². The predicted octanol–water partition coefficient (Wildman–Crippen LogP) is 3.82. The molecule has 0 spiro atoms. The van der Waals surface area contributed by atoms with E-state index in [2.05, 4.69) is 5.32 Å². The van der Waals surface area contributed by atoms with Gasteiger partial charge in [0.15, 0.2) is 0 Å². The van der Waals surface area contributed by atoms with E-state index in [4.69, 9.17) is 4.74 Å². The molecule has 0 saturated heterocycles. The Morgan fingerprint density at radius 3 is 2.35 bits per heavy atom. The number of para-hydroxylation sites is 1. The van der Waals surface area contributed by atoms with Gasteiger partial charge in [0, 0.05) is 11.6 Å². The molecular weight excluding hydrogens is 260 g/mol. The molecule has 2 aromatic carbocycles. The van der Waals surface area contributed by atoms with Crippen molar-refractivity contribution in [2.24, 2.45) is 0 Å². The Kier molecular flexibility index (Phi) is 4.69. The molecule has 0 aromatic heterocycles. The second-order valence-corrected chi connectivity index (χ2v) is 4.54. The standard InChI is InChI=1S/C16H17F2NO/c1-11(19-2)12-6-3-4-9-16(12)20-10-13-14(17)7-5-8-15(13)18/h3-9,11,19H,10H2,1-2H3. The Morgan fingerprint density at radius 2 is 1.70 bits per heavy atom. The summed E-state index contributed by atoms with van der Waals surface area (Å²) in [5.41, 5.74) is 0.895. The number of benzene rings is 2. The zero-order valence-electron chi connectivity index (χ0n) is 11.5. The fourth-order valence-corrected chi connectivity index (χ4v) is 1.95. The molecule has 1 N–H and O–H groups in total. The second-order valence-electron chi connectivity index (χ2n) is 4.54. The van der Waals surface area contributed by atoms with Gasteiger partial charge >= 0.3 is 0 Å². The van der Waals surface area contributed by atoms with Crippen molar-refractivity contribution in [1.29, 1.82) is 0 Å². The van der Waals surface area contributed by atoms with E-state index in [0.717, 1.165) is 5.56 Å². The highest BCUT2D eigenvalue weighted by Crippen LogP contribution is 2.26. The number of hydrogen-bond donors (Lipinski definition) is 1. The third-order valence-corrected chi connectivity index (χ3v) is 3.25. The van der Waals surface area contributed by atoms with Gasteiger partial charge in [-0.3, -0.25) is 0 Å². The Balaban J connectivity index is 2.19. The van der Waals surface area contributed by atoms with Crippen molar-refractivity contribution in [2.45, 2.75) is 19.6 Å². The second kappa shape index (κ2) is 6.48. The molecule has 2 rings (SSSR count). The maximum absolute atomic E-state index is 13.5. The van der Waals surface area contributed by atoms with Gasteiger partial charge in [-0.1, -0.05) is 24.3 Å². The molecule has 0 bridgehead atoms.